The lowest BCUT2D eigenvalue weighted by atomic mass is 11.8. The van der Waals surface area contributed by atoms with Gasteiger partial charge in [-0.1, -0.05) is 0 Å². The molecule has 0 unspecified atom stereocenters. The van der Waals surface area contributed by atoms with Gasteiger partial charge in [0.1, 0.15) is 0 Å². The van der Waals surface area contributed by atoms with Crippen LogP contribution in [0.1, 0.15) is 0 Å². The van der Waals surface area contributed by atoms with Crippen LogP contribution >= 0.6 is 11.8 Å². The number of thioether (sulfide) groups is 1. The van der Waals surface area contributed by atoms with Crippen LogP contribution in [0.4, 0.5) is 0 Å². The molecule has 0 aliphatic carbocycles. The van der Waals surface area contributed by atoms with Crippen molar-refractivity contribution in [1.29, 1.82) is 0 Å². The van der Waals surface area contributed by atoms with Crippen molar-refractivity contribution in [3.8, 4) is 0 Å². The smallest absolute Gasteiger partial charge is 0.264 e. The van der Waals surface area contributed by atoms with E-state index < -0.39 is 10.4 Å². The Hall–Kier alpha value is 0.220. The standard InChI is InChI=1S/C2H6S.CH4O4S/c1-3-2;1-5-6(2,3)4/h1-2H3;1H3,(H,2,3,4). The van der Waals surface area contributed by atoms with Crippen LogP contribution in [0.2, 0.25) is 0 Å². The van der Waals surface area contributed by atoms with Crippen LogP contribution < -0.4 is 0 Å². The first-order chi connectivity index (χ1) is 3.97. The van der Waals surface area contributed by atoms with Gasteiger partial charge in [-0.15, -0.1) is 0 Å². The van der Waals surface area contributed by atoms with E-state index in [0.29, 0.717) is 0 Å². The van der Waals surface area contributed by atoms with Crippen LogP contribution in [-0.4, -0.2) is 32.6 Å². The number of hydrogen-bond acceptors (Lipinski definition) is 4. The number of rotatable bonds is 1. The summed E-state index contributed by atoms with van der Waals surface area (Å²) in [5, 5.41) is 0. The van der Waals surface area contributed by atoms with Crippen molar-refractivity contribution in [2.45, 2.75) is 0 Å². The second-order valence-electron chi connectivity index (χ2n) is 1.00. The fraction of sp³-hybridized carbons (Fsp3) is 1.00. The zero-order valence-corrected chi connectivity index (χ0v) is 7.12. The molecule has 0 radical (unpaired) electrons. The molecule has 0 bridgehead atoms. The Morgan fingerprint density at radius 2 is 1.56 bits per heavy atom. The summed E-state index contributed by atoms with van der Waals surface area (Å²) in [6.07, 6.45) is 4.08. The molecule has 0 aromatic carbocycles. The second kappa shape index (κ2) is 6.34. The zero-order valence-electron chi connectivity index (χ0n) is 5.49. The molecule has 0 aromatic heterocycles. The van der Waals surface area contributed by atoms with E-state index >= 15 is 0 Å². The molecule has 0 saturated heterocycles. The summed E-state index contributed by atoms with van der Waals surface area (Å²) in [6.45, 7) is 0. The average Bonchev–Trinajstić information content (AvgIpc) is 1.67. The Kier molecular flexibility index (Phi) is 8.42. The van der Waals surface area contributed by atoms with E-state index in [0.717, 1.165) is 7.11 Å². The third-order valence-electron chi connectivity index (χ3n) is 0.211. The lowest BCUT2D eigenvalue weighted by Crippen LogP contribution is -1.96. The van der Waals surface area contributed by atoms with Gasteiger partial charge in [-0.3, -0.25) is 8.74 Å². The Morgan fingerprint density at radius 3 is 1.56 bits per heavy atom. The van der Waals surface area contributed by atoms with Crippen molar-refractivity contribution in [1.82, 2.24) is 0 Å². The van der Waals surface area contributed by atoms with Gasteiger partial charge in [0.2, 0.25) is 0 Å². The normalized spacial score (nSPS) is 9.78. The van der Waals surface area contributed by atoms with Crippen LogP contribution in [0.3, 0.4) is 0 Å². The topological polar surface area (TPSA) is 63.6 Å². The van der Waals surface area contributed by atoms with Crippen LogP contribution in [-0.2, 0) is 14.6 Å². The lowest BCUT2D eigenvalue weighted by Gasteiger charge is -1.82. The maximum absolute atomic E-state index is 9.33. The minimum Gasteiger partial charge on any atom is -0.264 e. The molecule has 0 saturated carbocycles. The fourth-order valence-corrected chi connectivity index (χ4v) is 0. The Morgan fingerprint density at radius 1 is 1.44 bits per heavy atom. The molecule has 0 amide bonds. The van der Waals surface area contributed by atoms with Crippen molar-refractivity contribution in [3.05, 3.63) is 0 Å². The largest absolute Gasteiger partial charge is 0.397 e. The molecule has 9 heavy (non-hydrogen) atoms. The van der Waals surface area contributed by atoms with Crippen LogP contribution in [0, 0.1) is 0 Å². The number of hydrogen-bond donors (Lipinski definition) is 1. The van der Waals surface area contributed by atoms with Crippen molar-refractivity contribution in [2.75, 3.05) is 19.6 Å². The quantitative estimate of drug-likeness (QED) is 0.583. The van der Waals surface area contributed by atoms with E-state index in [-0.39, 0.29) is 0 Å². The molecule has 58 valence electrons. The molecule has 6 heteroatoms. The van der Waals surface area contributed by atoms with Gasteiger partial charge in [-0.2, -0.15) is 20.2 Å². The molecule has 4 nitrogen and oxygen atoms in total. The van der Waals surface area contributed by atoms with Crippen LogP contribution in [0.25, 0.3) is 0 Å². The Balaban J connectivity index is 0. The first-order valence-corrected chi connectivity index (χ1v) is 4.91. The summed E-state index contributed by atoms with van der Waals surface area (Å²) in [6, 6.07) is 0. The molecular weight excluding hydrogens is 164 g/mol. The van der Waals surface area contributed by atoms with Gasteiger partial charge in [0.15, 0.2) is 0 Å². The van der Waals surface area contributed by atoms with Crippen molar-refractivity contribution in [2.24, 2.45) is 0 Å². The molecule has 0 fully saturated rings. The van der Waals surface area contributed by atoms with Gasteiger partial charge in [-0.05, 0) is 12.5 Å². The summed E-state index contributed by atoms with van der Waals surface area (Å²) in [5.41, 5.74) is 0. The third-order valence-corrected chi connectivity index (χ3v) is 0.632. The van der Waals surface area contributed by atoms with E-state index in [1.54, 1.807) is 11.8 Å². The summed E-state index contributed by atoms with van der Waals surface area (Å²) in [4.78, 5) is 0. The fourth-order valence-electron chi connectivity index (χ4n) is 0. The molecule has 0 spiro atoms. The molecular formula is C3H10O4S2. The van der Waals surface area contributed by atoms with E-state index in [9.17, 15) is 8.42 Å². The monoisotopic (exact) mass is 174 g/mol. The van der Waals surface area contributed by atoms with Gasteiger partial charge < -0.3 is 0 Å². The maximum atomic E-state index is 9.33. The maximum Gasteiger partial charge on any atom is 0.397 e. The minimum atomic E-state index is -4.16. The van der Waals surface area contributed by atoms with E-state index in [4.69, 9.17) is 4.55 Å². The highest BCUT2D eigenvalue weighted by Crippen LogP contribution is 1.74. The zero-order chi connectivity index (χ0) is 7.91. The Labute approximate surface area is 59.5 Å². The molecule has 0 aliphatic rings. The van der Waals surface area contributed by atoms with Gasteiger partial charge in [0.25, 0.3) is 0 Å². The summed E-state index contributed by atoms with van der Waals surface area (Å²) in [7, 11) is -3.29. The predicted molar refractivity (Wildman–Crippen MR) is 38.0 cm³/mol. The van der Waals surface area contributed by atoms with E-state index in [2.05, 4.69) is 4.18 Å². The highest BCUT2D eigenvalue weighted by atomic mass is 32.3. The lowest BCUT2D eigenvalue weighted by molar-refractivity contribution is 0.324. The van der Waals surface area contributed by atoms with Gasteiger partial charge in [0.05, 0.1) is 7.11 Å². The highest BCUT2D eigenvalue weighted by Gasteiger charge is 1.93. The second-order valence-corrected chi connectivity index (χ2v) is 3.01. The summed E-state index contributed by atoms with van der Waals surface area (Å²) >= 11 is 1.75. The molecule has 0 rings (SSSR count). The summed E-state index contributed by atoms with van der Waals surface area (Å²) < 4.78 is 29.7. The van der Waals surface area contributed by atoms with Crippen molar-refractivity contribution in [3.63, 3.8) is 0 Å². The first-order valence-electron chi connectivity index (χ1n) is 1.91. The highest BCUT2D eigenvalue weighted by molar-refractivity contribution is 7.97. The van der Waals surface area contributed by atoms with Gasteiger partial charge in [-0.25, -0.2) is 0 Å². The molecule has 1 N–H and O–H groups in total. The van der Waals surface area contributed by atoms with Crippen LogP contribution in [0.5, 0.6) is 0 Å². The van der Waals surface area contributed by atoms with Crippen molar-refractivity contribution < 1.29 is 17.2 Å². The molecule has 0 aromatic rings. The van der Waals surface area contributed by atoms with E-state index in [1.165, 1.54) is 0 Å². The Bertz CT molecular complexity index is 127. The van der Waals surface area contributed by atoms with E-state index in [1.807, 2.05) is 12.5 Å². The minimum absolute atomic E-state index is 0.870. The van der Waals surface area contributed by atoms with Gasteiger partial charge >= 0.3 is 10.4 Å². The third kappa shape index (κ3) is 30.7. The van der Waals surface area contributed by atoms with Crippen molar-refractivity contribution >= 4 is 22.2 Å². The summed E-state index contributed by atoms with van der Waals surface area (Å²) in [5.74, 6) is 0. The van der Waals surface area contributed by atoms with Gasteiger partial charge in [0, 0.05) is 0 Å². The molecule has 0 aliphatic heterocycles. The predicted octanol–water partition coefficient (Wildman–Crippen LogP) is 0.415. The first kappa shape index (κ1) is 12.0. The average molecular weight is 174 g/mol. The molecule has 0 atom stereocenters. The van der Waals surface area contributed by atoms with Crippen LogP contribution in [0.15, 0.2) is 0 Å². The SMILES string of the molecule is COS(=O)(=O)O.CSC. The molecule has 0 heterocycles.